The fourth-order valence-electron chi connectivity index (χ4n) is 1.07. The summed E-state index contributed by atoms with van der Waals surface area (Å²) in [6.45, 7) is 0. The summed E-state index contributed by atoms with van der Waals surface area (Å²) in [5.74, 6) is 0.309. The number of anilines is 1. The molecule has 0 amide bonds. The van der Waals surface area contributed by atoms with Crippen LogP contribution in [0.2, 0.25) is 10.0 Å². The maximum absolute atomic E-state index is 5.85. The van der Waals surface area contributed by atoms with E-state index in [1.165, 1.54) is 11.0 Å². The van der Waals surface area contributed by atoms with Gasteiger partial charge in [0.25, 0.3) is 0 Å². The van der Waals surface area contributed by atoms with Gasteiger partial charge in [0.15, 0.2) is 0 Å². The lowest BCUT2D eigenvalue weighted by Gasteiger charge is -2.03. The van der Waals surface area contributed by atoms with E-state index in [9.17, 15) is 0 Å². The van der Waals surface area contributed by atoms with Crippen LogP contribution in [-0.4, -0.2) is 14.8 Å². The van der Waals surface area contributed by atoms with Gasteiger partial charge in [0.05, 0.1) is 15.7 Å². The number of nitrogen functional groups attached to an aromatic ring is 1. The lowest BCUT2D eigenvalue weighted by atomic mass is 10.3. The molecule has 0 spiro atoms. The van der Waals surface area contributed by atoms with Crippen LogP contribution in [0.5, 0.6) is 0 Å². The number of nitrogens with two attached hydrogens (primary N) is 1. The number of nitrogens with zero attached hydrogens (tertiary/aromatic N) is 3. The maximum atomic E-state index is 5.85. The number of benzene rings is 1. The van der Waals surface area contributed by atoms with Crippen molar-refractivity contribution in [2.24, 2.45) is 0 Å². The molecule has 72 valence electrons. The van der Waals surface area contributed by atoms with Crippen LogP contribution in [0.4, 0.5) is 5.95 Å². The SMILES string of the molecule is Nc1ncnn1-c1ccc(Cl)c(Cl)c1. The second-order valence-electron chi connectivity index (χ2n) is 2.63. The van der Waals surface area contributed by atoms with E-state index in [4.69, 9.17) is 28.9 Å². The van der Waals surface area contributed by atoms with Crippen LogP contribution in [0.3, 0.4) is 0 Å². The third kappa shape index (κ3) is 1.54. The zero-order chi connectivity index (χ0) is 10.1. The van der Waals surface area contributed by atoms with E-state index in [-0.39, 0.29) is 0 Å². The summed E-state index contributed by atoms with van der Waals surface area (Å²) in [6.07, 6.45) is 1.37. The Bertz CT molecular complexity index is 466. The topological polar surface area (TPSA) is 56.7 Å². The highest BCUT2D eigenvalue weighted by Gasteiger charge is 2.04. The molecule has 2 N–H and O–H groups in total. The van der Waals surface area contributed by atoms with Crippen molar-refractivity contribution in [3.8, 4) is 5.69 Å². The molecule has 0 saturated heterocycles. The van der Waals surface area contributed by atoms with E-state index in [1.54, 1.807) is 18.2 Å². The Labute approximate surface area is 90.3 Å². The normalized spacial score (nSPS) is 10.4. The molecule has 2 aromatic rings. The Balaban J connectivity index is 2.53. The van der Waals surface area contributed by atoms with Gasteiger partial charge < -0.3 is 5.73 Å². The molecule has 0 aliphatic rings. The number of hydrogen-bond donors (Lipinski definition) is 1. The van der Waals surface area contributed by atoms with Gasteiger partial charge in [0.1, 0.15) is 6.33 Å². The highest BCUT2D eigenvalue weighted by Crippen LogP contribution is 2.24. The Morgan fingerprint density at radius 3 is 2.57 bits per heavy atom. The van der Waals surface area contributed by atoms with Gasteiger partial charge in [0.2, 0.25) is 5.95 Å². The maximum Gasteiger partial charge on any atom is 0.223 e. The number of halogens is 2. The highest BCUT2D eigenvalue weighted by atomic mass is 35.5. The van der Waals surface area contributed by atoms with Gasteiger partial charge in [-0.3, -0.25) is 0 Å². The second kappa shape index (κ2) is 3.48. The summed E-state index contributed by atoms with van der Waals surface area (Å²) >= 11 is 11.6. The van der Waals surface area contributed by atoms with E-state index < -0.39 is 0 Å². The van der Waals surface area contributed by atoms with E-state index in [1.807, 2.05) is 0 Å². The van der Waals surface area contributed by atoms with Gasteiger partial charge in [-0.2, -0.15) is 14.8 Å². The Morgan fingerprint density at radius 1 is 1.21 bits per heavy atom. The molecule has 6 heteroatoms. The van der Waals surface area contributed by atoms with Crippen molar-refractivity contribution in [1.82, 2.24) is 14.8 Å². The molecule has 0 saturated carbocycles. The minimum atomic E-state index is 0.309. The average molecular weight is 229 g/mol. The lowest BCUT2D eigenvalue weighted by Crippen LogP contribution is -2.02. The van der Waals surface area contributed by atoms with Gasteiger partial charge in [0, 0.05) is 0 Å². The first kappa shape index (κ1) is 9.30. The van der Waals surface area contributed by atoms with Gasteiger partial charge in [-0.25, -0.2) is 0 Å². The summed E-state index contributed by atoms with van der Waals surface area (Å²) in [6, 6.07) is 5.12. The van der Waals surface area contributed by atoms with Crippen molar-refractivity contribution in [1.29, 1.82) is 0 Å². The van der Waals surface area contributed by atoms with E-state index in [0.29, 0.717) is 16.0 Å². The largest absolute Gasteiger partial charge is 0.368 e. The minimum absolute atomic E-state index is 0.309. The summed E-state index contributed by atoms with van der Waals surface area (Å²) in [7, 11) is 0. The molecule has 0 bridgehead atoms. The van der Waals surface area contributed by atoms with Crippen molar-refractivity contribution in [2.75, 3.05) is 5.73 Å². The van der Waals surface area contributed by atoms with Gasteiger partial charge in [-0.1, -0.05) is 23.2 Å². The van der Waals surface area contributed by atoms with Crippen molar-refractivity contribution >= 4 is 29.2 Å². The average Bonchev–Trinajstić information content (AvgIpc) is 2.57. The van der Waals surface area contributed by atoms with Crippen LogP contribution in [0.15, 0.2) is 24.5 Å². The first-order chi connectivity index (χ1) is 6.68. The van der Waals surface area contributed by atoms with Crippen LogP contribution in [-0.2, 0) is 0 Å². The van der Waals surface area contributed by atoms with Crippen molar-refractivity contribution in [3.05, 3.63) is 34.6 Å². The summed E-state index contributed by atoms with van der Waals surface area (Å²) < 4.78 is 1.47. The monoisotopic (exact) mass is 228 g/mol. The fourth-order valence-corrected chi connectivity index (χ4v) is 1.36. The van der Waals surface area contributed by atoms with Gasteiger partial charge in [-0.15, -0.1) is 0 Å². The van der Waals surface area contributed by atoms with Gasteiger partial charge in [-0.05, 0) is 18.2 Å². The first-order valence-corrected chi connectivity index (χ1v) is 4.55. The van der Waals surface area contributed by atoms with Crippen molar-refractivity contribution in [2.45, 2.75) is 0 Å². The molecule has 0 fully saturated rings. The predicted molar refractivity (Wildman–Crippen MR) is 55.8 cm³/mol. The molecular formula is C8H6Cl2N4. The fraction of sp³-hybridized carbons (Fsp3) is 0. The van der Waals surface area contributed by atoms with Crippen molar-refractivity contribution in [3.63, 3.8) is 0 Å². The molecule has 1 aromatic heterocycles. The summed E-state index contributed by atoms with van der Waals surface area (Å²) in [5.41, 5.74) is 6.30. The predicted octanol–water partition coefficient (Wildman–Crippen LogP) is 2.16. The Kier molecular flexibility index (Phi) is 2.31. The second-order valence-corrected chi connectivity index (χ2v) is 3.44. The third-order valence-electron chi connectivity index (χ3n) is 1.72. The van der Waals surface area contributed by atoms with E-state index in [0.717, 1.165) is 5.69 Å². The Morgan fingerprint density at radius 2 is 2.00 bits per heavy atom. The standard InChI is InChI=1S/C8H6Cl2N4/c9-6-2-1-5(3-7(6)10)14-8(11)12-4-13-14/h1-4H,(H2,11,12,13). The van der Waals surface area contributed by atoms with E-state index >= 15 is 0 Å². The molecule has 0 radical (unpaired) electrons. The van der Waals surface area contributed by atoms with Crippen LogP contribution in [0, 0.1) is 0 Å². The first-order valence-electron chi connectivity index (χ1n) is 3.79. The molecule has 4 nitrogen and oxygen atoms in total. The lowest BCUT2D eigenvalue weighted by molar-refractivity contribution is 0.891. The highest BCUT2D eigenvalue weighted by molar-refractivity contribution is 6.42. The minimum Gasteiger partial charge on any atom is -0.368 e. The molecule has 0 unspecified atom stereocenters. The molecule has 0 atom stereocenters. The van der Waals surface area contributed by atoms with Crippen LogP contribution in [0.25, 0.3) is 5.69 Å². The van der Waals surface area contributed by atoms with Crippen LogP contribution < -0.4 is 5.73 Å². The number of rotatable bonds is 1. The van der Waals surface area contributed by atoms with Crippen molar-refractivity contribution < 1.29 is 0 Å². The number of hydrogen-bond acceptors (Lipinski definition) is 3. The molecule has 14 heavy (non-hydrogen) atoms. The molecule has 0 aliphatic heterocycles. The molecular weight excluding hydrogens is 223 g/mol. The van der Waals surface area contributed by atoms with Crippen LogP contribution >= 0.6 is 23.2 Å². The van der Waals surface area contributed by atoms with Crippen LogP contribution in [0.1, 0.15) is 0 Å². The third-order valence-corrected chi connectivity index (χ3v) is 2.46. The number of aromatic nitrogens is 3. The van der Waals surface area contributed by atoms with E-state index in [2.05, 4.69) is 10.1 Å². The molecule has 1 heterocycles. The zero-order valence-corrected chi connectivity index (χ0v) is 8.50. The molecule has 0 aliphatic carbocycles. The zero-order valence-electron chi connectivity index (χ0n) is 6.98. The smallest absolute Gasteiger partial charge is 0.223 e. The molecule has 2 rings (SSSR count). The Hall–Kier alpha value is -1.26. The van der Waals surface area contributed by atoms with Gasteiger partial charge >= 0.3 is 0 Å². The summed E-state index contributed by atoms with van der Waals surface area (Å²) in [4.78, 5) is 3.80. The quantitative estimate of drug-likeness (QED) is 0.814. The molecule has 1 aromatic carbocycles. The summed E-state index contributed by atoms with van der Waals surface area (Å²) in [5, 5.41) is 4.89.